The van der Waals surface area contributed by atoms with Crippen LogP contribution in [0.5, 0.6) is 17.2 Å². The molecule has 0 saturated carbocycles. The van der Waals surface area contributed by atoms with Gasteiger partial charge in [0.2, 0.25) is 0 Å². The summed E-state index contributed by atoms with van der Waals surface area (Å²) < 4.78 is 55.5. The van der Waals surface area contributed by atoms with Crippen molar-refractivity contribution in [2.24, 2.45) is 0 Å². The van der Waals surface area contributed by atoms with E-state index in [1.807, 2.05) is 4.90 Å². The summed E-state index contributed by atoms with van der Waals surface area (Å²) in [6, 6.07) is 2.30. The third-order valence-corrected chi connectivity index (χ3v) is 4.10. The van der Waals surface area contributed by atoms with Crippen molar-refractivity contribution in [2.45, 2.75) is 18.6 Å². The molecule has 1 aliphatic rings. The molecule has 1 aromatic rings. The molecule has 0 radical (unpaired) electrons. The highest BCUT2D eigenvalue weighted by molar-refractivity contribution is 5.85. The van der Waals surface area contributed by atoms with E-state index in [1.54, 1.807) is 12.1 Å². The van der Waals surface area contributed by atoms with E-state index in [2.05, 4.69) is 5.32 Å². The topological polar surface area (TPSA) is 43.0 Å². The molecule has 2 rings (SSSR count). The maximum Gasteiger partial charge on any atom is 0.390 e. The standard InChI is InChI=1S/C16H23F3N2O3.ClH/c1-22-11-8-13(23-2)15(14(9-11)24-3)12(10-16(17,18)19)21-6-4-20-5-7-21;/h8-9,12,20H,4-7,10H2,1-3H3;1H/t12-;/m1./s1. The summed E-state index contributed by atoms with van der Waals surface area (Å²) in [6.45, 7) is 2.35. The summed E-state index contributed by atoms with van der Waals surface area (Å²) in [6.07, 6.45) is -5.27. The average molecular weight is 385 g/mol. The van der Waals surface area contributed by atoms with Crippen LogP contribution in [0.1, 0.15) is 18.0 Å². The van der Waals surface area contributed by atoms with Gasteiger partial charge < -0.3 is 19.5 Å². The van der Waals surface area contributed by atoms with Gasteiger partial charge in [-0.25, -0.2) is 0 Å². The third kappa shape index (κ3) is 5.55. The van der Waals surface area contributed by atoms with Gasteiger partial charge in [0.25, 0.3) is 0 Å². The number of nitrogens with one attached hydrogen (secondary N) is 1. The molecule has 144 valence electrons. The normalized spacial score (nSPS) is 16.7. The number of halogens is 4. The fourth-order valence-electron chi connectivity index (χ4n) is 2.99. The van der Waals surface area contributed by atoms with Crippen molar-refractivity contribution >= 4 is 12.4 Å². The minimum absolute atomic E-state index is 0. The van der Waals surface area contributed by atoms with Gasteiger partial charge >= 0.3 is 6.18 Å². The Labute approximate surface area is 151 Å². The van der Waals surface area contributed by atoms with Crippen LogP contribution >= 0.6 is 12.4 Å². The first kappa shape index (κ1) is 21.7. The van der Waals surface area contributed by atoms with Crippen LogP contribution in [0.2, 0.25) is 0 Å². The molecule has 0 aromatic heterocycles. The van der Waals surface area contributed by atoms with E-state index in [1.165, 1.54) is 21.3 Å². The van der Waals surface area contributed by atoms with Crippen molar-refractivity contribution in [3.63, 3.8) is 0 Å². The van der Waals surface area contributed by atoms with Crippen LogP contribution in [0, 0.1) is 0 Å². The molecule has 9 heteroatoms. The first-order valence-electron chi connectivity index (χ1n) is 7.71. The second-order valence-corrected chi connectivity index (χ2v) is 5.57. The highest BCUT2D eigenvalue weighted by atomic mass is 35.5. The van der Waals surface area contributed by atoms with Gasteiger partial charge in [0.05, 0.1) is 39.4 Å². The zero-order chi connectivity index (χ0) is 17.7. The summed E-state index contributed by atoms with van der Waals surface area (Å²) in [7, 11) is 4.34. The van der Waals surface area contributed by atoms with Crippen molar-refractivity contribution < 1.29 is 27.4 Å². The molecule has 0 spiro atoms. The van der Waals surface area contributed by atoms with Crippen LogP contribution in [-0.4, -0.2) is 58.6 Å². The lowest BCUT2D eigenvalue weighted by Crippen LogP contribution is -2.46. The van der Waals surface area contributed by atoms with Gasteiger partial charge in [-0.3, -0.25) is 4.90 Å². The monoisotopic (exact) mass is 384 g/mol. The predicted octanol–water partition coefficient (Wildman–Crippen LogP) is 3.03. The molecule has 5 nitrogen and oxygen atoms in total. The number of benzene rings is 1. The molecule has 25 heavy (non-hydrogen) atoms. The van der Waals surface area contributed by atoms with Gasteiger partial charge in [-0.15, -0.1) is 12.4 Å². The second-order valence-electron chi connectivity index (χ2n) is 5.57. The Balaban J connectivity index is 0.00000312. The summed E-state index contributed by atoms with van der Waals surface area (Å²) in [5.74, 6) is 1.14. The Kier molecular flexibility index (Phi) is 8.11. The highest BCUT2D eigenvalue weighted by Crippen LogP contribution is 2.44. The largest absolute Gasteiger partial charge is 0.496 e. The summed E-state index contributed by atoms with van der Waals surface area (Å²) in [5.41, 5.74) is 0.403. The molecule has 0 bridgehead atoms. The fraction of sp³-hybridized carbons (Fsp3) is 0.625. The van der Waals surface area contributed by atoms with Crippen molar-refractivity contribution in [3.05, 3.63) is 17.7 Å². The van der Waals surface area contributed by atoms with Gasteiger partial charge in [0.15, 0.2) is 0 Å². The first-order valence-corrected chi connectivity index (χ1v) is 7.71. The van der Waals surface area contributed by atoms with E-state index in [0.717, 1.165) is 0 Å². The van der Waals surface area contributed by atoms with Crippen LogP contribution in [0.15, 0.2) is 12.1 Å². The van der Waals surface area contributed by atoms with E-state index in [-0.39, 0.29) is 12.4 Å². The van der Waals surface area contributed by atoms with Crippen molar-refractivity contribution in [1.29, 1.82) is 0 Å². The maximum absolute atomic E-state index is 13.2. The Morgan fingerprint density at radius 1 is 1.04 bits per heavy atom. The van der Waals surface area contributed by atoms with Crippen LogP contribution in [0.25, 0.3) is 0 Å². The van der Waals surface area contributed by atoms with E-state index in [9.17, 15) is 13.2 Å². The number of hydrogen-bond donors (Lipinski definition) is 1. The second kappa shape index (κ2) is 9.35. The molecule has 1 aliphatic heterocycles. The van der Waals surface area contributed by atoms with Crippen LogP contribution in [-0.2, 0) is 0 Å². The molecule has 1 heterocycles. The minimum atomic E-state index is -4.30. The molecule has 1 aromatic carbocycles. The van der Waals surface area contributed by atoms with Crippen molar-refractivity contribution in [3.8, 4) is 17.2 Å². The van der Waals surface area contributed by atoms with E-state index in [4.69, 9.17) is 14.2 Å². The molecule has 1 saturated heterocycles. The summed E-state index contributed by atoms with van der Waals surface area (Å²) >= 11 is 0. The van der Waals surface area contributed by atoms with Crippen LogP contribution in [0.4, 0.5) is 13.2 Å². The summed E-state index contributed by atoms with van der Waals surface area (Å²) in [5, 5.41) is 3.15. The number of piperazine rings is 1. The van der Waals surface area contributed by atoms with Gasteiger partial charge in [-0.05, 0) is 0 Å². The number of ether oxygens (including phenoxy) is 3. The molecule has 1 N–H and O–H groups in total. The average Bonchev–Trinajstić information content (AvgIpc) is 2.58. The molecule has 0 unspecified atom stereocenters. The maximum atomic E-state index is 13.2. The molecular formula is C16H24ClF3N2O3. The van der Waals surface area contributed by atoms with Gasteiger partial charge in [-0.2, -0.15) is 13.2 Å². The van der Waals surface area contributed by atoms with E-state index in [0.29, 0.717) is 49.0 Å². The number of nitrogens with zero attached hydrogens (tertiary/aromatic N) is 1. The zero-order valence-corrected chi connectivity index (χ0v) is 15.3. The van der Waals surface area contributed by atoms with Crippen molar-refractivity contribution in [2.75, 3.05) is 47.5 Å². The fourth-order valence-corrected chi connectivity index (χ4v) is 2.99. The molecule has 0 amide bonds. The van der Waals surface area contributed by atoms with E-state index >= 15 is 0 Å². The number of hydrogen-bond acceptors (Lipinski definition) is 5. The lowest BCUT2D eigenvalue weighted by Gasteiger charge is -2.36. The minimum Gasteiger partial charge on any atom is -0.496 e. The Morgan fingerprint density at radius 2 is 1.56 bits per heavy atom. The SMILES string of the molecule is COc1cc(OC)c([C@@H](CC(F)(F)F)N2CCNCC2)c(OC)c1.Cl. The van der Waals surface area contributed by atoms with Gasteiger partial charge in [-0.1, -0.05) is 0 Å². The Morgan fingerprint density at radius 3 is 1.96 bits per heavy atom. The molecule has 1 fully saturated rings. The molecule has 1 atom stereocenters. The molecule has 0 aliphatic carbocycles. The molecular weight excluding hydrogens is 361 g/mol. The smallest absolute Gasteiger partial charge is 0.390 e. The first-order chi connectivity index (χ1) is 11.4. The number of alkyl halides is 3. The number of rotatable bonds is 6. The zero-order valence-electron chi connectivity index (χ0n) is 14.5. The Bertz CT molecular complexity index is 527. The Hall–Kier alpha value is -1.38. The highest BCUT2D eigenvalue weighted by Gasteiger charge is 2.38. The van der Waals surface area contributed by atoms with Gasteiger partial charge in [0.1, 0.15) is 17.2 Å². The lowest BCUT2D eigenvalue weighted by molar-refractivity contribution is -0.149. The van der Waals surface area contributed by atoms with Gasteiger partial charge in [0, 0.05) is 38.3 Å². The van der Waals surface area contributed by atoms with Crippen LogP contribution < -0.4 is 19.5 Å². The quantitative estimate of drug-likeness (QED) is 0.816. The lowest BCUT2D eigenvalue weighted by atomic mass is 9.98. The number of methoxy groups -OCH3 is 3. The van der Waals surface area contributed by atoms with Crippen LogP contribution in [0.3, 0.4) is 0 Å². The third-order valence-electron chi connectivity index (χ3n) is 4.10. The predicted molar refractivity (Wildman–Crippen MR) is 91.2 cm³/mol. The van der Waals surface area contributed by atoms with Crippen molar-refractivity contribution in [1.82, 2.24) is 10.2 Å². The van der Waals surface area contributed by atoms with E-state index < -0.39 is 18.6 Å². The summed E-state index contributed by atoms with van der Waals surface area (Å²) in [4.78, 5) is 1.82.